The van der Waals surface area contributed by atoms with Gasteiger partial charge in [-0.05, 0) is 49.7 Å². The lowest BCUT2D eigenvalue weighted by Gasteiger charge is -2.09. The standard InChI is InChI=1S/C20H21N5O4S/c1-4-24-19(14-5-8-16(29-3)9-6-14)22-23-20(24)30-12-18(26)21-17-10-7-15(25(27)28)11-13(17)2/h5-11H,4,12H2,1-3H3,(H,21,26). The molecule has 1 aromatic heterocycles. The lowest BCUT2D eigenvalue weighted by molar-refractivity contribution is -0.384. The summed E-state index contributed by atoms with van der Waals surface area (Å²) in [4.78, 5) is 22.7. The first kappa shape index (κ1) is 21.3. The Bertz CT molecular complexity index is 1070. The Balaban J connectivity index is 1.67. The number of nitro benzene ring substituents is 1. The molecule has 1 amide bonds. The number of rotatable bonds is 8. The molecule has 0 fully saturated rings. The Morgan fingerprint density at radius 2 is 1.97 bits per heavy atom. The molecular weight excluding hydrogens is 406 g/mol. The number of thioether (sulfide) groups is 1. The van der Waals surface area contributed by atoms with E-state index in [2.05, 4.69) is 15.5 Å². The minimum Gasteiger partial charge on any atom is -0.497 e. The Morgan fingerprint density at radius 1 is 1.23 bits per heavy atom. The highest BCUT2D eigenvalue weighted by Gasteiger charge is 2.16. The van der Waals surface area contributed by atoms with Crippen LogP contribution in [0, 0.1) is 17.0 Å². The van der Waals surface area contributed by atoms with Crippen LogP contribution in [0.5, 0.6) is 5.75 Å². The summed E-state index contributed by atoms with van der Waals surface area (Å²) in [5, 5.41) is 22.7. The monoisotopic (exact) mass is 427 g/mol. The second-order valence-electron chi connectivity index (χ2n) is 6.37. The lowest BCUT2D eigenvalue weighted by atomic mass is 10.2. The molecule has 0 aliphatic carbocycles. The summed E-state index contributed by atoms with van der Waals surface area (Å²) in [5.41, 5.74) is 2.06. The van der Waals surface area contributed by atoms with Crippen LogP contribution >= 0.6 is 11.8 Å². The molecule has 156 valence electrons. The molecule has 0 aliphatic heterocycles. The summed E-state index contributed by atoms with van der Waals surface area (Å²) in [6, 6.07) is 11.9. The van der Waals surface area contributed by atoms with Gasteiger partial charge < -0.3 is 14.6 Å². The number of methoxy groups -OCH3 is 1. The topological polar surface area (TPSA) is 112 Å². The van der Waals surface area contributed by atoms with E-state index in [0.717, 1.165) is 11.3 Å². The summed E-state index contributed by atoms with van der Waals surface area (Å²) in [7, 11) is 1.61. The van der Waals surface area contributed by atoms with Crippen LogP contribution in [0.15, 0.2) is 47.6 Å². The van der Waals surface area contributed by atoms with Crippen molar-refractivity contribution in [1.29, 1.82) is 0 Å². The van der Waals surface area contributed by atoms with Gasteiger partial charge in [0.05, 0.1) is 17.8 Å². The number of hydrogen-bond donors (Lipinski definition) is 1. The average Bonchev–Trinajstić information content (AvgIpc) is 3.16. The molecule has 0 atom stereocenters. The fourth-order valence-electron chi connectivity index (χ4n) is 2.85. The second kappa shape index (κ2) is 9.40. The Labute approximate surface area is 177 Å². The van der Waals surface area contributed by atoms with E-state index in [1.165, 1.54) is 30.0 Å². The van der Waals surface area contributed by atoms with Crippen LogP contribution in [0.1, 0.15) is 12.5 Å². The third-order valence-electron chi connectivity index (χ3n) is 4.41. The highest BCUT2D eigenvalue weighted by atomic mass is 32.2. The van der Waals surface area contributed by atoms with Crippen molar-refractivity contribution in [2.24, 2.45) is 0 Å². The average molecular weight is 427 g/mol. The van der Waals surface area contributed by atoms with Crippen molar-refractivity contribution in [2.45, 2.75) is 25.5 Å². The molecule has 2 aromatic carbocycles. The van der Waals surface area contributed by atoms with Crippen molar-refractivity contribution in [2.75, 3.05) is 18.2 Å². The lowest BCUT2D eigenvalue weighted by Crippen LogP contribution is -2.15. The predicted molar refractivity (Wildman–Crippen MR) is 115 cm³/mol. The van der Waals surface area contributed by atoms with Gasteiger partial charge in [-0.15, -0.1) is 10.2 Å². The third-order valence-corrected chi connectivity index (χ3v) is 5.38. The number of nitrogens with zero attached hydrogens (tertiary/aromatic N) is 4. The normalized spacial score (nSPS) is 10.6. The summed E-state index contributed by atoms with van der Waals surface area (Å²) in [5.74, 6) is 1.38. The molecule has 1 N–H and O–H groups in total. The number of amides is 1. The van der Waals surface area contributed by atoms with E-state index in [4.69, 9.17) is 4.74 Å². The van der Waals surface area contributed by atoms with Crippen LogP contribution in [0.2, 0.25) is 0 Å². The summed E-state index contributed by atoms with van der Waals surface area (Å²) in [6.07, 6.45) is 0. The zero-order valence-corrected chi connectivity index (χ0v) is 17.6. The number of benzene rings is 2. The number of anilines is 1. The number of non-ortho nitro benzene ring substituents is 1. The summed E-state index contributed by atoms with van der Waals surface area (Å²) in [6.45, 7) is 4.35. The third kappa shape index (κ3) is 4.77. The quantitative estimate of drug-likeness (QED) is 0.329. The molecule has 1 heterocycles. The van der Waals surface area contributed by atoms with Crippen molar-refractivity contribution >= 4 is 29.0 Å². The molecule has 9 nitrogen and oxygen atoms in total. The van der Waals surface area contributed by atoms with E-state index in [9.17, 15) is 14.9 Å². The minimum atomic E-state index is -0.466. The fourth-order valence-corrected chi connectivity index (χ4v) is 3.65. The molecule has 10 heteroatoms. The zero-order valence-electron chi connectivity index (χ0n) is 16.8. The molecule has 0 radical (unpaired) electrons. The van der Waals surface area contributed by atoms with Crippen LogP contribution < -0.4 is 10.1 Å². The molecule has 0 saturated carbocycles. The van der Waals surface area contributed by atoms with Crippen LogP contribution in [-0.4, -0.2) is 38.5 Å². The van der Waals surface area contributed by atoms with E-state index >= 15 is 0 Å². The van der Waals surface area contributed by atoms with Gasteiger partial charge in [-0.1, -0.05) is 11.8 Å². The predicted octanol–water partition coefficient (Wildman–Crippen LogP) is 3.92. The fraction of sp³-hybridized carbons (Fsp3) is 0.250. The maximum Gasteiger partial charge on any atom is 0.269 e. The molecule has 0 aliphatic rings. The number of nitro groups is 1. The van der Waals surface area contributed by atoms with Gasteiger partial charge in [-0.3, -0.25) is 14.9 Å². The molecule has 0 bridgehead atoms. The summed E-state index contributed by atoms with van der Waals surface area (Å²) < 4.78 is 7.12. The maximum atomic E-state index is 12.4. The molecule has 3 aromatic rings. The number of aryl methyl sites for hydroxylation is 1. The van der Waals surface area contributed by atoms with Gasteiger partial charge in [0.25, 0.3) is 5.69 Å². The number of ether oxygens (including phenoxy) is 1. The van der Waals surface area contributed by atoms with E-state index in [1.807, 2.05) is 35.8 Å². The first-order chi connectivity index (χ1) is 14.4. The molecular formula is C20H21N5O4S. The Morgan fingerprint density at radius 3 is 2.57 bits per heavy atom. The van der Waals surface area contributed by atoms with Crippen molar-refractivity contribution in [1.82, 2.24) is 14.8 Å². The van der Waals surface area contributed by atoms with E-state index in [-0.39, 0.29) is 17.3 Å². The molecule has 3 rings (SSSR count). The van der Waals surface area contributed by atoms with Crippen molar-refractivity contribution < 1.29 is 14.5 Å². The Hall–Kier alpha value is -3.40. The second-order valence-corrected chi connectivity index (χ2v) is 7.31. The van der Waals surface area contributed by atoms with E-state index in [0.29, 0.717) is 28.8 Å². The Kier molecular flexibility index (Phi) is 6.68. The molecule has 0 saturated heterocycles. The first-order valence-electron chi connectivity index (χ1n) is 9.18. The molecule has 0 spiro atoms. The molecule has 30 heavy (non-hydrogen) atoms. The maximum absolute atomic E-state index is 12.4. The number of aromatic nitrogens is 3. The van der Waals surface area contributed by atoms with Crippen molar-refractivity contribution in [3.05, 3.63) is 58.1 Å². The van der Waals surface area contributed by atoms with Crippen LogP contribution in [0.25, 0.3) is 11.4 Å². The van der Waals surface area contributed by atoms with Crippen molar-refractivity contribution in [3.8, 4) is 17.1 Å². The SMILES string of the molecule is CCn1c(SCC(=O)Nc2ccc([N+](=O)[O-])cc2C)nnc1-c1ccc(OC)cc1. The van der Waals surface area contributed by atoms with E-state index in [1.54, 1.807) is 14.0 Å². The van der Waals surface area contributed by atoms with Crippen molar-refractivity contribution in [3.63, 3.8) is 0 Å². The van der Waals surface area contributed by atoms with Crippen LogP contribution in [-0.2, 0) is 11.3 Å². The minimum absolute atomic E-state index is 0.0121. The van der Waals surface area contributed by atoms with Gasteiger partial charge in [0.1, 0.15) is 5.75 Å². The van der Waals surface area contributed by atoms with Gasteiger partial charge in [0.15, 0.2) is 11.0 Å². The highest BCUT2D eigenvalue weighted by molar-refractivity contribution is 7.99. The van der Waals surface area contributed by atoms with Gasteiger partial charge in [-0.2, -0.15) is 0 Å². The number of carbonyl (C=O) groups is 1. The first-order valence-corrected chi connectivity index (χ1v) is 10.2. The number of hydrogen-bond acceptors (Lipinski definition) is 7. The smallest absolute Gasteiger partial charge is 0.269 e. The molecule has 0 unspecified atom stereocenters. The van der Waals surface area contributed by atoms with E-state index < -0.39 is 4.92 Å². The van der Waals surface area contributed by atoms with Gasteiger partial charge >= 0.3 is 0 Å². The summed E-state index contributed by atoms with van der Waals surface area (Å²) >= 11 is 1.28. The van der Waals surface area contributed by atoms with Crippen LogP contribution in [0.3, 0.4) is 0 Å². The highest BCUT2D eigenvalue weighted by Crippen LogP contribution is 2.26. The van der Waals surface area contributed by atoms with Gasteiger partial charge in [0.2, 0.25) is 5.91 Å². The van der Waals surface area contributed by atoms with Crippen LogP contribution in [0.4, 0.5) is 11.4 Å². The number of carbonyl (C=O) groups excluding carboxylic acids is 1. The number of nitrogens with one attached hydrogen (secondary N) is 1. The van der Waals surface area contributed by atoms with Gasteiger partial charge in [-0.25, -0.2) is 0 Å². The zero-order chi connectivity index (χ0) is 21.7. The van der Waals surface area contributed by atoms with Gasteiger partial charge in [0, 0.05) is 29.9 Å². The largest absolute Gasteiger partial charge is 0.497 e.